The van der Waals surface area contributed by atoms with Gasteiger partial charge in [-0.25, -0.2) is 8.78 Å². The van der Waals surface area contributed by atoms with Crippen LogP contribution in [0.1, 0.15) is 31.4 Å². The quantitative estimate of drug-likeness (QED) is 0.423. The number of halogens is 2. The van der Waals surface area contributed by atoms with Gasteiger partial charge in [-0.2, -0.15) is 0 Å². The minimum atomic E-state index is -0.948. The van der Waals surface area contributed by atoms with Gasteiger partial charge in [0.15, 0.2) is 11.6 Å². The molecule has 0 aliphatic carbocycles. The van der Waals surface area contributed by atoms with Crippen molar-refractivity contribution < 1.29 is 18.5 Å². The van der Waals surface area contributed by atoms with Crippen LogP contribution in [0, 0.1) is 21.7 Å². The number of carbonyl (C=O) groups is 1. The van der Waals surface area contributed by atoms with E-state index in [4.69, 9.17) is 0 Å². The minimum absolute atomic E-state index is 0.0149. The summed E-state index contributed by atoms with van der Waals surface area (Å²) in [6.07, 6.45) is 0.807. The van der Waals surface area contributed by atoms with E-state index in [0.717, 1.165) is 17.8 Å². The smallest absolute Gasteiger partial charge is 0.269 e. The molecule has 26 heavy (non-hydrogen) atoms. The molecule has 0 aliphatic rings. The molecule has 1 amide bonds. The molecule has 0 saturated carbocycles. The first-order valence-electron chi connectivity index (χ1n) is 8.09. The molecule has 1 unspecified atom stereocenters. The third-order valence-corrected chi connectivity index (χ3v) is 3.81. The molecule has 6 nitrogen and oxygen atoms in total. The fourth-order valence-corrected chi connectivity index (χ4v) is 2.36. The van der Waals surface area contributed by atoms with Crippen LogP contribution in [0.5, 0.6) is 0 Å². The first kappa shape index (κ1) is 19.3. The summed E-state index contributed by atoms with van der Waals surface area (Å²) in [5.74, 6) is -2.08. The van der Waals surface area contributed by atoms with E-state index in [0.29, 0.717) is 18.5 Å². The fraction of sp³-hybridized carbons (Fsp3) is 0.278. The minimum Gasteiger partial charge on any atom is -0.385 e. The van der Waals surface area contributed by atoms with E-state index < -0.39 is 22.6 Å². The van der Waals surface area contributed by atoms with Crippen LogP contribution >= 0.6 is 0 Å². The third kappa shape index (κ3) is 5.51. The Labute approximate surface area is 149 Å². The Morgan fingerprint density at radius 2 is 1.85 bits per heavy atom. The highest BCUT2D eigenvalue weighted by atomic mass is 19.2. The zero-order valence-electron chi connectivity index (χ0n) is 14.2. The summed E-state index contributed by atoms with van der Waals surface area (Å²) in [5, 5.41) is 16.4. The Balaban J connectivity index is 1.72. The molecule has 2 N–H and O–H groups in total. The van der Waals surface area contributed by atoms with Gasteiger partial charge in [-0.05, 0) is 43.2 Å². The molecule has 8 heteroatoms. The highest BCUT2D eigenvalue weighted by Crippen LogP contribution is 2.17. The molecule has 0 bridgehead atoms. The molecule has 2 rings (SSSR count). The summed E-state index contributed by atoms with van der Waals surface area (Å²) in [7, 11) is 0. The number of hydrogen-bond donors (Lipinski definition) is 2. The number of anilines is 1. The van der Waals surface area contributed by atoms with Gasteiger partial charge in [0, 0.05) is 30.8 Å². The SMILES string of the molecule is CC(NC(=O)CCCNc1ccc([N+](=O)[O-])cc1)c1ccc(F)c(F)c1. The van der Waals surface area contributed by atoms with Crippen molar-refractivity contribution in [3.05, 3.63) is 69.8 Å². The van der Waals surface area contributed by atoms with Gasteiger partial charge in [-0.15, -0.1) is 0 Å². The molecule has 0 aliphatic heterocycles. The van der Waals surface area contributed by atoms with Gasteiger partial charge in [0.05, 0.1) is 11.0 Å². The number of benzene rings is 2. The summed E-state index contributed by atoms with van der Waals surface area (Å²) in [4.78, 5) is 22.0. The fourth-order valence-electron chi connectivity index (χ4n) is 2.36. The molecule has 138 valence electrons. The summed E-state index contributed by atoms with van der Waals surface area (Å²) >= 11 is 0. The van der Waals surface area contributed by atoms with Gasteiger partial charge in [0.25, 0.3) is 5.69 Å². The molecule has 2 aromatic carbocycles. The summed E-state index contributed by atoms with van der Waals surface area (Å²) in [5.41, 5.74) is 1.23. The number of carbonyl (C=O) groups excluding carboxylic acids is 1. The van der Waals surface area contributed by atoms with Crippen LogP contribution in [0.4, 0.5) is 20.2 Å². The number of amides is 1. The maximum absolute atomic E-state index is 13.2. The van der Waals surface area contributed by atoms with Crippen LogP contribution in [-0.4, -0.2) is 17.4 Å². The Hall–Kier alpha value is -3.03. The summed E-state index contributed by atoms with van der Waals surface area (Å²) < 4.78 is 26.2. The van der Waals surface area contributed by atoms with E-state index in [9.17, 15) is 23.7 Å². The normalized spacial score (nSPS) is 11.7. The van der Waals surface area contributed by atoms with Gasteiger partial charge in [-0.3, -0.25) is 14.9 Å². The molecule has 0 fully saturated rings. The first-order valence-corrected chi connectivity index (χ1v) is 8.09. The standard InChI is InChI=1S/C18H19F2N3O3/c1-12(13-4-9-16(19)17(20)11-13)22-18(24)3-2-10-21-14-5-7-15(8-6-14)23(25)26/h4-9,11-12,21H,2-3,10H2,1H3,(H,22,24). The Kier molecular flexibility index (Phi) is 6.60. The van der Waals surface area contributed by atoms with E-state index in [-0.39, 0.29) is 18.0 Å². The maximum Gasteiger partial charge on any atom is 0.269 e. The average molecular weight is 363 g/mol. The van der Waals surface area contributed by atoms with Crippen LogP contribution in [0.15, 0.2) is 42.5 Å². The number of nitrogens with one attached hydrogen (secondary N) is 2. The van der Waals surface area contributed by atoms with Gasteiger partial charge in [0.2, 0.25) is 5.91 Å². The van der Waals surface area contributed by atoms with E-state index >= 15 is 0 Å². The van der Waals surface area contributed by atoms with Gasteiger partial charge in [0.1, 0.15) is 0 Å². The lowest BCUT2D eigenvalue weighted by Gasteiger charge is -2.15. The van der Waals surface area contributed by atoms with Crippen molar-refractivity contribution >= 4 is 17.3 Å². The van der Waals surface area contributed by atoms with Gasteiger partial charge >= 0.3 is 0 Å². The van der Waals surface area contributed by atoms with Crippen molar-refractivity contribution in [3.8, 4) is 0 Å². The summed E-state index contributed by atoms with van der Waals surface area (Å²) in [6.45, 7) is 2.21. The van der Waals surface area contributed by atoms with Crippen molar-refractivity contribution in [2.24, 2.45) is 0 Å². The number of nitro benzene ring substituents is 1. The number of rotatable bonds is 8. The van der Waals surface area contributed by atoms with Gasteiger partial charge < -0.3 is 10.6 Å². The molecule has 0 heterocycles. The van der Waals surface area contributed by atoms with Crippen LogP contribution in [-0.2, 0) is 4.79 Å². The molecule has 2 aromatic rings. The monoisotopic (exact) mass is 363 g/mol. The van der Waals surface area contributed by atoms with Crippen LogP contribution in [0.2, 0.25) is 0 Å². The number of hydrogen-bond acceptors (Lipinski definition) is 4. The zero-order valence-corrected chi connectivity index (χ0v) is 14.2. The molecule has 0 saturated heterocycles. The van der Waals surface area contributed by atoms with E-state index in [2.05, 4.69) is 10.6 Å². The maximum atomic E-state index is 13.2. The second-order valence-electron chi connectivity index (χ2n) is 5.80. The highest BCUT2D eigenvalue weighted by molar-refractivity contribution is 5.76. The zero-order chi connectivity index (χ0) is 19.1. The lowest BCUT2D eigenvalue weighted by atomic mass is 10.1. The molecular formula is C18H19F2N3O3. The number of nitrogens with zero attached hydrogens (tertiary/aromatic N) is 1. The highest BCUT2D eigenvalue weighted by Gasteiger charge is 2.12. The molecule has 0 spiro atoms. The second-order valence-corrected chi connectivity index (χ2v) is 5.80. The van der Waals surface area contributed by atoms with Crippen molar-refractivity contribution in [1.29, 1.82) is 0 Å². The number of non-ortho nitro benzene ring substituents is 1. The van der Waals surface area contributed by atoms with Crippen molar-refractivity contribution in [1.82, 2.24) is 5.32 Å². The van der Waals surface area contributed by atoms with Gasteiger partial charge in [-0.1, -0.05) is 6.07 Å². The molecule has 1 atom stereocenters. The predicted molar refractivity (Wildman–Crippen MR) is 93.7 cm³/mol. The Morgan fingerprint density at radius 1 is 1.15 bits per heavy atom. The average Bonchev–Trinajstić information content (AvgIpc) is 2.61. The van der Waals surface area contributed by atoms with Crippen LogP contribution < -0.4 is 10.6 Å². The molecule has 0 aromatic heterocycles. The first-order chi connectivity index (χ1) is 12.4. The van der Waals surface area contributed by atoms with E-state index in [1.54, 1.807) is 19.1 Å². The summed E-state index contributed by atoms with van der Waals surface area (Å²) in [6, 6.07) is 9.10. The molecule has 0 radical (unpaired) electrons. The molecular weight excluding hydrogens is 344 g/mol. The van der Waals surface area contributed by atoms with Crippen molar-refractivity contribution in [2.75, 3.05) is 11.9 Å². The van der Waals surface area contributed by atoms with Crippen LogP contribution in [0.3, 0.4) is 0 Å². The second kappa shape index (κ2) is 8.89. The lowest BCUT2D eigenvalue weighted by molar-refractivity contribution is -0.384. The number of nitro groups is 1. The van der Waals surface area contributed by atoms with E-state index in [1.165, 1.54) is 18.2 Å². The van der Waals surface area contributed by atoms with Crippen molar-refractivity contribution in [2.45, 2.75) is 25.8 Å². The van der Waals surface area contributed by atoms with E-state index in [1.807, 2.05) is 0 Å². The largest absolute Gasteiger partial charge is 0.385 e. The topological polar surface area (TPSA) is 84.3 Å². The van der Waals surface area contributed by atoms with Crippen LogP contribution in [0.25, 0.3) is 0 Å². The Bertz CT molecular complexity index is 782. The Morgan fingerprint density at radius 3 is 2.46 bits per heavy atom. The predicted octanol–water partition coefficient (Wildman–Crippen LogP) is 3.94. The third-order valence-electron chi connectivity index (χ3n) is 3.81. The lowest BCUT2D eigenvalue weighted by Crippen LogP contribution is -2.27. The van der Waals surface area contributed by atoms with Crippen molar-refractivity contribution in [3.63, 3.8) is 0 Å².